The third-order valence-electron chi connectivity index (χ3n) is 1.80. The van der Waals surface area contributed by atoms with Crippen molar-refractivity contribution in [2.75, 3.05) is 11.9 Å². The van der Waals surface area contributed by atoms with Gasteiger partial charge in [-0.15, -0.1) is 0 Å². The number of nitrogens with one attached hydrogen (secondary N) is 1. The molecule has 1 heterocycles. The number of amides is 1. The molecule has 0 atom stereocenters. The van der Waals surface area contributed by atoms with Crippen molar-refractivity contribution >= 4 is 17.7 Å². The molecular formula is C11H14N2O3. The van der Waals surface area contributed by atoms with E-state index in [9.17, 15) is 9.59 Å². The third-order valence-corrected chi connectivity index (χ3v) is 1.80. The number of carbonyl (C=O) groups is 2. The Hall–Kier alpha value is -1.91. The molecule has 1 aromatic rings. The monoisotopic (exact) mass is 222 g/mol. The van der Waals surface area contributed by atoms with Gasteiger partial charge in [0.25, 0.3) is 0 Å². The Balaban J connectivity index is 2.73. The minimum absolute atomic E-state index is 0.173. The molecule has 0 fully saturated rings. The quantitative estimate of drug-likeness (QED) is 0.603. The van der Waals surface area contributed by atoms with Gasteiger partial charge in [-0.2, -0.15) is 0 Å². The lowest BCUT2D eigenvalue weighted by Crippen LogP contribution is -2.25. The van der Waals surface area contributed by atoms with Crippen LogP contribution in [0.15, 0.2) is 12.1 Å². The van der Waals surface area contributed by atoms with E-state index >= 15 is 0 Å². The second kappa shape index (κ2) is 5.25. The van der Waals surface area contributed by atoms with Gasteiger partial charge in [-0.3, -0.25) is 4.79 Å². The molecule has 0 spiro atoms. The molecule has 0 unspecified atom stereocenters. The highest BCUT2D eigenvalue weighted by atomic mass is 16.5. The molecule has 0 aromatic carbocycles. The molecule has 0 saturated heterocycles. The fourth-order valence-electron chi connectivity index (χ4n) is 1.27. The molecule has 0 aliphatic heterocycles. The molecule has 16 heavy (non-hydrogen) atoms. The van der Waals surface area contributed by atoms with Crippen molar-refractivity contribution < 1.29 is 14.3 Å². The fourth-order valence-corrected chi connectivity index (χ4v) is 1.27. The first-order valence-electron chi connectivity index (χ1n) is 4.96. The van der Waals surface area contributed by atoms with Crippen molar-refractivity contribution in [3.05, 3.63) is 23.4 Å². The number of aromatic nitrogens is 1. The van der Waals surface area contributed by atoms with E-state index in [1.807, 2.05) is 19.9 Å². The molecule has 5 heteroatoms. The number of aryl methyl sites for hydroxylation is 2. The second-order valence-corrected chi connectivity index (χ2v) is 3.35. The van der Waals surface area contributed by atoms with Crippen LogP contribution in [0.4, 0.5) is 5.82 Å². The summed E-state index contributed by atoms with van der Waals surface area (Å²) in [5.74, 6) is -1.35. The average molecular weight is 222 g/mol. The highest BCUT2D eigenvalue weighted by molar-refractivity contribution is 6.37. The Morgan fingerprint density at radius 1 is 1.38 bits per heavy atom. The van der Waals surface area contributed by atoms with Crippen LogP contribution >= 0.6 is 0 Å². The topological polar surface area (TPSA) is 68.3 Å². The maximum Gasteiger partial charge on any atom is 0.397 e. The van der Waals surface area contributed by atoms with Gasteiger partial charge in [0.1, 0.15) is 5.82 Å². The van der Waals surface area contributed by atoms with Crippen LogP contribution in [0, 0.1) is 13.8 Å². The first-order chi connectivity index (χ1) is 7.52. The SMILES string of the molecule is CCOC(=O)C(=O)Nc1cc(C)cc(C)n1. The summed E-state index contributed by atoms with van der Waals surface area (Å²) < 4.78 is 4.56. The lowest BCUT2D eigenvalue weighted by atomic mass is 10.2. The summed E-state index contributed by atoms with van der Waals surface area (Å²) in [5, 5.41) is 2.38. The number of ether oxygens (including phenoxy) is 1. The standard InChI is InChI=1S/C11H14N2O3/c1-4-16-11(15)10(14)13-9-6-7(2)5-8(3)12-9/h5-6H,4H2,1-3H3,(H,12,13,14). The summed E-state index contributed by atoms with van der Waals surface area (Å²) in [6.07, 6.45) is 0. The number of pyridine rings is 1. The lowest BCUT2D eigenvalue weighted by molar-refractivity contribution is -0.152. The van der Waals surface area contributed by atoms with Crippen LogP contribution in [0.25, 0.3) is 0 Å². The Morgan fingerprint density at radius 3 is 2.62 bits per heavy atom. The molecule has 0 aliphatic rings. The van der Waals surface area contributed by atoms with Gasteiger partial charge < -0.3 is 10.1 Å². The molecule has 0 saturated carbocycles. The largest absolute Gasteiger partial charge is 0.459 e. The van der Waals surface area contributed by atoms with Gasteiger partial charge in [0.15, 0.2) is 0 Å². The fraction of sp³-hybridized carbons (Fsp3) is 0.364. The summed E-state index contributed by atoms with van der Waals surface area (Å²) in [7, 11) is 0. The molecule has 0 radical (unpaired) electrons. The molecule has 1 aromatic heterocycles. The van der Waals surface area contributed by atoms with Gasteiger partial charge in [-0.25, -0.2) is 9.78 Å². The minimum Gasteiger partial charge on any atom is -0.459 e. The predicted molar refractivity (Wildman–Crippen MR) is 59.0 cm³/mol. The summed E-state index contributed by atoms with van der Waals surface area (Å²) >= 11 is 0. The number of esters is 1. The maximum atomic E-state index is 11.3. The molecule has 5 nitrogen and oxygen atoms in total. The molecule has 0 bridgehead atoms. The van der Waals surface area contributed by atoms with Crippen molar-refractivity contribution in [2.45, 2.75) is 20.8 Å². The summed E-state index contributed by atoms with van der Waals surface area (Å²) in [6, 6.07) is 3.56. The van der Waals surface area contributed by atoms with Gasteiger partial charge in [0.2, 0.25) is 0 Å². The number of hydrogen-bond acceptors (Lipinski definition) is 4. The number of carbonyl (C=O) groups excluding carboxylic acids is 2. The molecule has 86 valence electrons. The average Bonchev–Trinajstić information content (AvgIpc) is 2.16. The molecule has 1 amide bonds. The highest BCUT2D eigenvalue weighted by Gasteiger charge is 2.15. The highest BCUT2D eigenvalue weighted by Crippen LogP contribution is 2.08. The van der Waals surface area contributed by atoms with Crippen LogP contribution in [0.3, 0.4) is 0 Å². The molecule has 1 rings (SSSR count). The number of nitrogens with zero attached hydrogens (tertiary/aromatic N) is 1. The van der Waals surface area contributed by atoms with Crippen LogP contribution in [0.5, 0.6) is 0 Å². The lowest BCUT2D eigenvalue weighted by Gasteiger charge is -2.05. The first kappa shape index (κ1) is 12.2. The number of hydrogen-bond donors (Lipinski definition) is 1. The van der Waals surface area contributed by atoms with Gasteiger partial charge in [0.05, 0.1) is 6.61 Å². The molecule has 1 N–H and O–H groups in total. The second-order valence-electron chi connectivity index (χ2n) is 3.35. The van der Waals surface area contributed by atoms with Crippen LogP contribution in [0.1, 0.15) is 18.2 Å². The zero-order valence-electron chi connectivity index (χ0n) is 9.53. The Kier molecular flexibility index (Phi) is 3.99. The van der Waals surface area contributed by atoms with Crippen molar-refractivity contribution in [1.29, 1.82) is 0 Å². The van der Waals surface area contributed by atoms with Crippen molar-refractivity contribution in [3.8, 4) is 0 Å². The van der Waals surface area contributed by atoms with Crippen molar-refractivity contribution in [2.24, 2.45) is 0 Å². The van der Waals surface area contributed by atoms with Crippen LogP contribution < -0.4 is 5.32 Å². The molecular weight excluding hydrogens is 208 g/mol. The van der Waals surface area contributed by atoms with Crippen LogP contribution in [-0.2, 0) is 14.3 Å². The first-order valence-corrected chi connectivity index (χ1v) is 4.96. The maximum absolute atomic E-state index is 11.3. The summed E-state index contributed by atoms with van der Waals surface area (Å²) in [5.41, 5.74) is 1.74. The smallest absolute Gasteiger partial charge is 0.397 e. The van der Waals surface area contributed by atoms with E-state index in [1.165, 1.54) is 0 Å². The van der Waals surface area contributed by atoms with Gasteiger partial charge in [-0.1, -0.05) is 0 Å². The number of anilines is 1. The Morgan fingerprint density at radius 2 is 2.06 bits per heavy atom. The summed E-state index contributed by atoms with van der Waals surface area (Å²) in [6.45, 7) is 5.51. The Bertz CT molecular complexity index is 395. The zero-order chi connectivity index (χ0) is 12.1. The van der Waals surface area contributed by atoms with Crippen molar-refractivity contribution in [1.82, 2.24) is 4.98 Å². The van der Waals surface area contributed by atoms with E-state index < -0.39 is 11.9 Å². The van der Waals surface area contributed by atoms with E-state index in [0.29, 0.717) is 5.82 Å². The normalized spacial score (nSPS) is 9.69. The van der Waals surface area contributed by atoms with E-state index in [4.69, 9.17) is 0 Å². The van der Waals surface area contributed by atoms with E-state index in [0.717, 1.165) is 11.3 Å². The van der Waals surface area contributed by atoms with Gasteiger partial charge in [-0.05, 0) is 38.5 Å². The zero-order valence-corrected chi connectivity index (χ0v) is 9.53. The summed E-state index contributed by atoms with van der Waals surface area (Å²) in [4.78, 5) is 26.4. The van der Waals surface area contributed by atoms with Crippen LogP contribution in [0.2, 0.25) is 0 Å². The number of rotatable bonds is 2. The van der Waals surface area contributed by atoms with Gasteiger partial charge in [0, 0.05) is 5.69 Å². The van der Waals surface area contributed by atoms with Gasteiger partial charge >= 0.3 is 11.9 Å². The minimum atomic E-state index is -0.900. The van der Waals surface area contributed by atoms with E-state index in [1.54, 1.807) is 13.0 Å². The van der Waals surface area contributed by atoms with E-state index in [2.05, 4.69) is 15.0 Å². The van der Waals surface area contributed by atoms with E-state index in [-0.39, 0.29) is 6.61 Å². The van der Waals surface area contributed by atoms with Crippen LogP contribution in [-0.4, -0.2) is 23.5 Å². The van der Waals surface area contributed by atoms with Crippen molar-refractivity contribution in [3.63, 3.8) is 0 Å². The third kappa shape index (κ3) is 3.34. The molecule has 0 aliphatic carbocycles. The Labute approximate surface area is 93.8 Å². The predicted octanol–water partition coefficient (Wildman–Crippen LogP) is 1.20.